The summed E-state index contributed by atoms with van der Waals surface area (Å²) in [5.74, 6) is 0.909. The highest BCUT2D eigenvalue weighted by Gasteiger charge is 2.33. The van der Waals surface area contributed by atoms with Gasteiger partial charge in [0.05, 0.1) is 13.2 Å². The maximum atomic E-state index is 12.4. The molecule has 0 saturated heterocycles. The molecule has 1 fully saturated rings. The standard InChI is InChI=1S/C18H28N2O2/c1-14(15-7-6-8-16(11-15)22-2)20-17(21)12-18(13-19)9-4-3-5-10-18/h6-8,11,14H,3-5,9-10,12-13,19H2,1-2H3,(H,20,21). The van der Waals surface area contributed by atoms with Crippen LogP contribution < -0.4 is 15.8 Å². The quantitative estimate of drug-likeness (QED) is 0.848. The molecule has 4 heteroatoms. The first kappa shape index (κ1) is 16.8. The van der Waals surface area contributed by atoms with Crippen molar-refractivity contribution in [3.05, 3.63) is 29.8 Å². The van der Waals surface area contributed by atoms with Crippen molar-refractivity contribution < 1.29 is 9.53 Å². The lowest BCUT2D eigenvalue weighted by molar-refractivity contribution is -0.124. The van der Waals surface area contributed by atoms with Gasteiger partial charge in [0.25, 0.3) is 0 Å². The number of hydrogen-bond donors (Lipinski definition) is 2. The van der Waals surface area contributed by atoms with Gasteiger partial charge in [0, 0.05) is 6.42 Å². The summed E-state index contributed by atoms with van der Waals surface area (Å²) >= 11 is 0. The molecule has 1 amide bonds. The van der Waals surface area contributed by atoms with Crippen molar-refractivity contribution in [2.75, 3.05) is 13.7 Å². The lowest BCUT2D eigenvalue weighted by Crippen LogP contribution is -2.39. The van der Waals surface area contributed by atoms with E-state index in [-0.39, 0.29) is 17.4 Å². The Hall–Kier alpha value is -1.55. The van der Waals surface area contributed by atoms with Crippen molar-refractivity contribution in [1.82, 2.24) is 5.32 Å². The van der Waals surface area contributed by atoms with Crippen LogP contribution in [0.4, 0.5) is 0 Å². The monoisotopic (exact) mass is 304 g/mol. The molecule has 22 heavy (non-hydrogen) atoms. The van der Waals surface area contributed by atoms with Crippen LogP contribution in [-0.4, -0.2) is 19.6 Å². The third-order valence-electron chi connectivity index (χ3n) is 4.85. The molecular weight excluding hydrogens is 276 g/mol. The number of benzene rings is 1. The predicted molar refractivity (Wildman–Crippen MR) is 88.7 cm³/mol. The second-order valence-corrected chi connectivity index (χ2v) is 6.51. The number of hydrogen-bond acceptors (Lipinski definition) is 3. The maximum absolute atomic E-state index is 12.4. The normalized spacial score (nSPS) is 18.5. The first-order valence-electron chi connectivity index (χ1n) is 8.22. The molecule has 1 aromatic carbocycles. The van der Waals surface area contributed by atoms with Crippen molar-refractivity contribution in [2.24, 2.45) is 11.1 Å². The number of carbonyl (C=O) groups excluding carboxylic acids is 1. The van der Waals surface area contributed by atoms with E-state index in [9.17, 15) is 4.79 Å². The first-order chi connectivity index (χ1) is 10.6. The number of rotatable bonds is 6. The van der Waals surface area contributed by atoms with Crippen molar-refractivity contribution in [3.63, 3.8) is 0 Å². The van der Waals surface area contributed by atoms with Crippen LogP contribution in [0.5, 0.6) is 5.75 Å². The molecule has 122 valence electrons. The fourth-order valence-electron chi connectivity index (χ4n) is 3.38. The van der Waals surface area contributed by atoms with E-state index in [4.69, 9.17) is 10.5 Å². The Morgan fingerprint density at radius 3 is 2.73 bits per heavy atom. The number of ether oxygens (including phenoxy) is 1. The van der Waals surface area contributed by atoms with Gasteiger partial charge in [-0.1, -0.05) is 31.4 Å². The van der Waals surface area contributed by atoms with Crippen molar-refractivity contribution >= 4 is 5.91 Å². The molecule has 0 spiro atoms. The number of nitrogens with two attached hydrogens (primary N) is 1. The smallest absolute Gasteiger partial charge is 0.221 e. The largest absolute Gasteiger partial charge is 0.497 e. The van der Waals surface area contributed by atoms with Crippen LogP contribution in [0.1, 0.15) is 57.1 Å². The van der Waals surface area contributed by atoms with Crippen LogP contribution in [0.25, 0.3) is 0 Å². The highest BCUT2D eigenvalue weighted by atomic mass is 16.5. The van der Waals surface area contributed by atoms with E-state index in [1.165, 1.54) is 19.3 Å². The molecule has 4 nitrogen and oxygen atoms in total. The summed E-state index contributed by atoms with van der Waals surface area (Å²) < 4.78 is 5.24. The summed E-state index contributed by atoms with van der Waals surface area (Å²) in [6.45, 7) is 2.61. The molecule has 0 radical (unpaired) electrons. The van der Waals surface area contributed by atoms with E-state index >= 15 is 0 Å². The number of amides is 1. The van der Waals surface area contributed by atoms with Crippen LogP contribution in [0.15, 0.2) is 24.3 Å². The second-order valence-electron chi connectivity index (χ2n) is 6.51. The second kappa shape index (κ2) is 7.63. The molecular formula is C18H28N2O2. The Labute approximate surface area is 133 Å². The van der Waals surface area contributed by atoms with Gasteiger partial charge in [0.1, 0.15) is 5.75 Å². The minimum absolute atomic E-state index is 0.0103. The molecule has 1 aromatic rings. The average molecular weight is 304 g/mol. The van der Waals surface area contributed by atoms with E-state index in [2.05, 4.69) is 5.32 Å². The Morgan fingerprint density at radius 1 is 1.36 bits per heavy atom. The molecule has 0 aliphatic heterocycles. The topological polar surface area (TPSA) is 64.3 Å². The van der Waals surface area contributed by atoms with Crippen molar-refractivity contribution in [3.8, 4) is 5.75 Å². The Balaban J connectivity index is 1.95. The summed E-state index contributed by atoms with van der Waals surface area (Å²) in [5.41, 5.74) is 7.03. The molecule has 2 rings (SSSR count). The Morgan fingerprint density at radius 2 is 2.09 bits per heavy atom. The Kier molecular flexibility index (Phi) is 5.83. The fourth-order valence-corrected chi connectivity index (χ4v) is 3.38. The minimum Gasteiger partial charge on any atom is -0.497 e. The predicted octanol–water partition coefficient (Wildman–Crippen LogP) is 3.17. The molecule has 0 heterocycles. The van der Waals surface area contributed by atoms with E-state index < -0.39 is 0 Å². The number of methoxy groups -OCH3 is 1. The number of carbonyl (C=O) groups is 1. The molecule has 1 saturated carbocycles. The van der Waals surface area contributed by atoms with Crippen LogP contribution in [0.3, 0.4) is 0 Å². The van der Waals surface area contributed by atoms with Crippen molar-refractivity contribution in [2.45, 2.75) is 51.5 Å². The van der Waals surface area contributed by atoms with Gasteiger partial charge in [-0.15, -0.1) is 0 Å². The molecule has 3 N–H and O–H groups in total. The van der Waals surface area contributed by atoms with Crippen LogP contribution >= 0.6 is 0 Å². The van der Waals surface area contributed by atoms with E-state index in [0.717, 1.165) is 24.2 Å². The summed E-state index contributed by atoms with van der Waals surface area (Å²) in [4.78, 5) is 12.4. The van der Waals surface area contributed by atoms with Crippen LogP contribution in [0.2, 0.25) is 0 Å². The molecule has 0 aromatic heterocycles. The molecule has 1 aliphatic carbocycles. The third-order valence-corrected chi connectivity index (χ3v) is 4.85. The zero-order valence-electron chi connectivity index (χ0n) is 13.7. The summed E-state index contributed by atoms with van der Waals surface area (Å²) in [5, 5.41) is 3.10. The molecule has 1 atom stereocenters. The van der Waals surface area contributed by atoms with Gasteiger partial charge >= 0.3 is 0 Å². The summed E-state index contributed by atoms with van der Waals surface area (Å²) in [6, 6.07) is 7.79. The molecule has 0 bridgehead atoms. The zero-order valence-corrected chi connectivity index (χ0v) is 13.7. The highest BCUT2D eigenvalue weighted by Crippen LogP contribution is 2.38. The highest BCUT2D eigenvalue weighted by molar-refractivity contribution is 5.77. The van der Waals surface area contributed by atoms with Gasteiger partial charge in [-0.2, -0.15) is 0 Å². The van der Waals surface area contributed by atoms with Gasteiger partial charge in [-0.05, 0) is 49.4 Å². The maximum Gasteiger partial charge on any atom is 0.221 e. The average Bonchev–Trinajstić information content (AvgIpc) is 2.55. The summed E-state index contributed by atoms with van der Waals surface area (Å²) in [7, 11) is 1.65. The van der Waals surface area contributed by atoms with E-state index in [1.807, 2.05) is 31.2 Å². The Bertz CT molecular complexity index is 496. The lowest BCUT2D eigenvalue weighted by atomic mass is 9.71. The van der Waals surface area contributed by atoms with Gasteiger partial charge in [0.2, 0.25) is 5.91 Å². The third kappa shape index (κ3) is 4.23. The van der Waals surface area contributed by atoms with Gasteiger partial charge < -0.3 is 15.8 Å². The molecule has 1 aliphatic rings. The fraction of sp³-hybridized carbons (Fsp3) is 0.611. The SMILES string of the molecule is COc1cccc(C(C)NC(=O)CC2(CN)CCCCC2)c1. The molecule has 1 unspecified atom stereocenters. The van der Waals surface area contributed by atoms with Gasteiger partial charge in [0.15, 0.2) is 0 Å². The lowest BCUT2D eigenvalue weighted by Gasteiger charge is -2.36. The number of nitrogens with one attached hydrogen (secondary N) is 1. The first-order valence-corrected chi connectivity index (χ1v) is 8.22. The minimum atomic E-state index is -0.0268. The van der Waals surface area contributed by atoms with Gasteiger partial charge in [-0.3, -0.25) is 4.79 Å². The van der Waals surface area contributed by atoms with Crippen LogP contribution in [-0.2, 0) is 4.79 Å². The van der Waals surface area contributed by atoms with E-state index in [0.29, 0.717) is 13.0 Å². The van der Waals surface area contributed by atoms with Gasteiger partial charge in [-0.25, -0.2) is 0 Å². The summed E-state index contributed by atoms with van der Waals surface area (Å²) in [6.07, 6.45) is 6.34. The van der Waals surface area contributed by atoms with Crippen molar-refractivity contribution in [1.29, 1.82) is 0 Å². The van der Waals surface area contributed by atoms with E-state index in [1.54, 1.807) is 7.11 Å². The zero-order chi connectivity index (χ0) is 16.0. The van der Waals surface area contributed by atoms with Crippen LogP contribution in [0, 0.1) is 5.41 Å².